The van der Waals surface area contributed by atoms with Crippen LogP contribution in [0.3, 0.4) is 0 Å². The van der Waals surface area contributed by atoms with Gasteiger partial charge in [-0.3, -0.25) is 4.79 Å². The summed E-state index contributed by atoms with van der Waals surface area (Å²) in [5, 5.41) is 12.1. The van der Waals surface area contributed by atoms with Crippen molar-refractivity contribution in [2.75, 3.05) is 37.3 Å². The SMILES string of the molecule is CS(=O)(=O)Cc1ccc(C(=O)N2CCN(c3nnnn3-c3ccccc3)CC2)cc1. The third kappa shape index (κ3) is 4.48. The van der Waals surface area contributed by atoms with Gasteiger partial charge in [0, 0.05) is 38.0 Å². The van der Waals surface area contributed by atoms with Crippen molar-refractivity contribution in [3.63, 3.8) is 0 Å². The molecule has 0 radical (unpaired) electrons. The Bertz CT molecular complexity index is 1120. The number of piperazine rings is 1. The first-order valence-electron chi connectivity index (χ1n) is 9.55. The van der Waals surface area contributed by atoms with Gasteiger partial charge >= 0.3 is 0 Å². The third-order valence-electron chi connectivity index (χ3n) is 4.93. The minimum Gasteiger partial charge on any atom is -0.336 e. The smallest absolute Gasteiger partial charge is 0.253 e. The average Bonchev–Trinajstić information content (AvgIpc) is 3.23. The Morgan fingerprint density at radius 2 is 1.63 bits per heavy atom. The predicted octanol–water partition coefficient (Wildman–Crippen LogP) is 1.17. The molecule has 0 aliphatic carbocycles. The molecule has 0 unspecified atom stereocenters. The summed E-state index contributed by atoms with van der Waals surface area (Å²) in [4.78, 5) is 16.7. The van der Waals surface area contributed by atoms with Crippen molar-refractivity contribution in [1.29, 1.82) is 0 Å². The molecule has 1 amide bonds. The van der Waals surface area contributed by atoms with Crippen LogP contribution >= 0.6 is 0 Å². The average molecular weight is 427 g/mol. The number of sulfone groups is 1. The van der Waals surface area contributed by atoms with Crippen LogP contribution in [0.1, 0.15) is 15.9 Å². The van der Waals surface area contributed by atoms with Crippen molar-refractivity contribution in [2.24, 2.45) is 0 Å². The monoisotopic (exact) mass is 426 g/mol. The first-order chi connectivity index (χ1) is 14.4. The fourth-order valence-electron chi connectivity index (χ4n) is 3.45. The molecule has 0 saturated carbocycles. The lowest BCUT2D eigenvalue weighted by atomic mass is 10.1. The minimum absolute atomic E-state index is 0.0315. The van der Waals surface area contributed by atoms with Crippen LogP contribution in [-0.4, -0.2) is 71.9 Å². The highest BCUT2D eigenvalue weighted by Crippen LogP contribution is 2.18. The number of hydrogen-bond donors (Lipinski definition) is 0. The zero-order valence-corrected chi connectivity index (χ0v) is 17.4. The lowest BCUT2D eigenvalue weighted by Crippen LogP contribution is -2.49. The summed E-state index contributed by atoms with van der Waals surface area (Å²) in [5.74, 6) is 0.553. The fraction of sp³-hybridized carbons (Fsp3) is 0.300. The van der Waals surface area contributed by atoms with E-state index in [9.17, 15) is 13.2 Å². The Morgan fingerprint density at radius 1 is 0.967 bits per heavy atom. The van der Waals surface area contributed by atoms with Gasteiger partial charge in [0.2, 0.25) is 5.95 Å². The van der Waals surface area contributed by atoms with Gasteiger partial charge < -0.3 is 9.80 Å². The molecule has 1 aliphatic rings. The summed E-state index contributed by atoms with van der Waals surface area (Å²) in [6.07, 6.45) is 1.19. The van der Waals surface area contributed by atoms with Crippen molar-refractivity contribution < 1.29 is 13.2 Å². The summed E-state index contributed by atoms with van der Waals surface area (Å²) in [5.41, 5.74) is 2.10. The van der Waals surface area contributed by atoms with E-state index in [2.05, 4.69) is 20.4 Å². The molecule has 0 N–H and O–H groups in total. The zero-order chi connectivity index (χ0) is 21.1. The largest absolute Gasteiger partial charge is 0.336 e. The summed E-state index contributed by atoms with van der Waals surface area (Å²) in [6, 6.07) is 16.4. The molecule has 0 atom stereocenters. The van der Waals surface area contributed by atoms with Crippen molar-refractivity contribution >= 4 is 21.7 Å². The van der Waals surface area contributed by atoms with Gasteiger partial charge in [0.25, 0.3) is 5.91 Å². The minimum atomic E-state index is -3.10. The normalized spacial score (nSPS) is 14.7. The molecule has 1 saturated heterocycles. The van der Waals surface area contributed by atoms with Crippen molar-refractivity contribution in [3.8, 4) is 5.69 Å². The van der Waals surface area contributed by atoms with Crippen LogP contribution in [0.2, 0.25) is 0 Å². The summed E-state index contributed by atoms with van der Waals surface area (Å²) in [7, 11) is -3.10. The van der Waals surface area contributed by atoms with Gasteiger partial charge in [-0.05, 0) is 40.3 Å². The molecule has 1 aliphatic heterocycles. The van der Waals surface area contributed by atoms with Gasteiger partial charge in [0.05, 0.1) is 11.4 Å². The topological polar surface area (TPSA) is 101 Å². The molecule has 2 aromatic carbocycles. The van der Waals surface area contributed by atoms with Crippen molar-refractivity contribution in [1.82, 2.24) is 25.1 Å². The van der Waals surface area contributed by atoms with Crippen LogP contribution in [0.15, 0.2) is 54.6 Å². The summed E-state index contributed by atoms with van der Waals surface area (Å²) >= 11 is 0. The Labute approximate surface area is 174 Å². The molecular weight excluding hydrogens is 404 g/mol. The fourth-order valence-corrected chi connectivity index (χ4v) is 4.25. The molecule has 30 heavy (non-hydrogen) atoms. The van der Waals surface area contributed by atoms with Crippen LogP contribution in [0, 0.1) is 0 Å². The molecule has 0 bridgehead atoms. The number of carbonyl (C=O) groups excluding carboxylic acids is 1. The molecule has 10 heteroatoms. The van der Waals surface area contributed by atoms with E-state index < -0.39 is 9.84 Å². The zero-order valence-electron chi connectivity index (χ0n) is 16.5. The van der Waals surface area contributed by atoms with Gasteiger partial charge in [-0.15, -0.1) is 0 Å². The molecule has 1 fully saturated rings. The van der Waals surface area contributed by atoms with Crippen LogP contribution in [0.25, 0.3) is 5.69 Å². The first-order valence-corrected chi connectivity index (χ1v) is 11.6. The van der Waals surface area contributed by atoms with E-state index in [0.717, 1.165) is 5.69 Å². The number of para-hydroxylation sites is 1. The molecule has 156 valence electrons. The number of benzene rings is 2. The van der Waals surface area contributed by atoms with Crippen molar-refractivity contribution in [3.05, 3.63) is 65.7 Å². The maximum atomic E-state index is 12.8. The van der Waals surface area contributed by atoms with Gasteiger partial charge in [-0.1, -0.05) is 35.4 Å². The number of anilines is 1. The second kappa shape index (κ2) is 8.23. The summed E-state index contributed by atoms with van der Waals surface area (Å²) < 4.78 is 24.5. The van der Waals surface area contributed by atoms with Gasteiger partial charge in [0.15, 0.2) is 9.84 Å². The predicted molar refractivity (Wildman–Crippen MR) is 112 cm³/mol. The van der Waals surface area contributed by atoms with E-state index in [4.69, 9.17) is 0 Å². The summed E-state index contributed by atoms with van der Waals surface area (Å²) in [6.45, 7) is 2.33. The lowest BCUT2D eigenvalue weighted by Gasteiger charge is -2.34. The van der Waals surface area contributed by atoms with Crippen LogP contribution in [0.4, 0.5) is 5.95 Å². The maximum absolute atomic E-state index is 12.8. The second-order valence-electron chi connectivity index (χ2n) is 7.27. The standard InChI is InChI=1S/C20H22N6O3S/c1-30(28,29)15-16-7-9-17(10-8-16)19(27)24-11-13-25(14-12-24)20-21-22-23-26(20)18-5-3-2-4-6-18/h2-10H,11-15H2,1H3. The molecule has 2 heterocycles. The quantitative estimate of drug-likeness (QED) is 0.603. The number of tetrazole rings is 1. The Balaban J connectivity index is 1.41. The van der Waals surface area contributed by atoms with Gasteiger partial charge in [0.1, 0.15) is 0 Å². The Morgan fingerprint density at radius 3 is 2.27 bits per heavy atom. The van der Waals surface area contributed by atoms with Crippen molar-refractivity contribution in [2.45, 2.75) is 5.75 Å². The molecule has 4 rings (SSSR count). The Kier molecular flexibility index (Phi) is 5.49. The number of nitrogens with zero attached hydrogens (tertiary/aromatic N) is 6. The van der Waals surface area contributed by atoms with Gasteiger partial charge in [-0.2, -0.15) is 4.68 Å². The number of aromatic nitrogens is 4. The number of rotatable bonds is 5. The molecular formula is C20H22N6O3S. The molecule has 9 nitrogen and oxygen atoms in total. The van der Waals surface area contributed by atoms with E-state index in [1.54, 1.807) is 33.8 Å². The highest BCUT2D eigenvalue weighted by atomic mass is 32.2. The highest BCUT2D eigenvalue weighted by Gasteiger charge is 2.25. The van der Waals surface area contributed by atoms with Crippen LogP contribution in [-0.2, 0) is 15.6 Å². The van der Waals surface area contributed by atoms with E-state index >= 15 is 0 Å². The number of hydrogen-bond acceptors (Lipinski definition) is 7. The van der Waals surface area contributed by atoms with E-state index in [-0.39, 0.29) is 11.7 Å². The van der Waals surface area contributed by atoms with Crippen LogP contribution in [0.5, 0.6) is 0 Å². The van der Waals surface area contributed by atoms with E-state index in [1.165, 1.54) is 6.26 Å². The van der Waals surface area contributed by atoms with Crippen LogP contribution < -0.4 is 4.90 Å². The highest BCUT2D eigenvalue weighted by molar-refractivity contribution is 7.89. The number of amides is 1. The molecule has 0 spiro atoms. The third-order valence-corrected chi connectivity index (χ3v) is 5.79. The molecule has 3 aromatic rings. The number of carbonyl (C=O) groups is 1. The molecule has 1 aromatic heterocycles. The first kappa shape index (κ1) is 20.0. The van der Waals surface area contributed by atoms with Gasteiger partial charge in [-0.25, -0.2) is 8.42 Å². The Hall–Kier alpha value is -3.27. The second-order valence-corrected chi connectivity index (χ2v) is 9.41. The van der Waals surface area contributed by atoms with E-state index in [1.807, 2.05) is 30.3 Å². The van der Waals surface area contributed by atoms with E-state index in [0.29, 0.717) is 43.3 Å². The maximum Gasteiger partial charge on any atom is 0.253 e. The lowest BCUT2D eigenvalue weighted by molar-refractivity contribution is 0.0746.